The SMILES string of the molecule is COc1cc(/C=C(\C#N)Sc2nc3ccccc3s2)cc(Cl)c1OCC(=O)O. The molecule has 28 heavy (non-hydrogen) atoms. The van der Waals surface area contributed by atoms with Gasteiger partial charge in [-0.25, -0.2) is 9.78 Å². The van der Waals surface area contributed by atoms with Gasteiger partial charge in [-0.05, 0) is 47.7 Å². The first-order valence-corrected chi connectivity index (χ1v) is 9.88. The number of hydrogen-bond acceptors (Lipinski definition) is 7. The smallest absolute Gasteiger partial charge is 0.341 e. The first-order chi connectivity index (χ1) is 13.5. The van der Waals surface area contributed by atoms with Crippen LogP contribution in [-0.4, -0.2) is 29.8 Å². The monoisotopic (exact) mass is 432 g/mol. The van der Waals surface area contributed by atoms with E-state index in [0.29, 0.717) is 10.5 Å². The molecule has 0 aliphatic carbocycles. The number of carboxylic acids is 1. The summed E-state index contributed by atoms with van der Waals surface area (Å²) in [5, 5.41) is 18.5. The van der Waals surface area contributed by atoms with Gasteiger partial charge in [-0.2, -0.15) is 5.26 Å². The van der Waals surface area contributed by atoms with Crippen LogP contribution in [0.4, 0.5) is 0 Å². The second-order valence-electron chi connectivity index (χ2n) is 5.39. The lowest BCUT2D eigenvalue weighted by atomic mass is 10.2. The average molecular weight is 433 g/mol. The van der Waals surface area contributed by atoms with Crippen LogP contribution in [0.25, 0.3) is 16.3 Å². The van der Waals surface area contributed by atoms with Crippen molar-refractivity contribution in [2.24, 2.45) is 0 Å². The van der Waals surface area contributed by atoms with E-state index in [0.717, 1.165) is 14.6 Å². The molecule has 1 N–H and O–H groups in total. The summed E-state index contributed by atoms with van der Waals surface area (Å²) < 4.78 is 12.2. The Morgan fingerprint density at radius 1 is 1.43 bits per heavy atom. The average Bonchev–Trinajstić information content (AvgIpc) is 3.08. The Morgan fingerprint density at radius 3 is 2.89 bits per heavy atom. The molecule has 0 bridgehead atoms. The third-order valence-corrected chi connectivity index (χ3v) is 5.78. The molecule has 0 saturated carbocycles. The molecule has 142 valence electrons. The van der Waals surface area contributed by atoms with E-state index in [-0.39, 0.29) is 16.5 Å². The molecule has 0 amide bonds. The maximum atomic E-state index is 10.7. The molecule has 0 radical (unpaired) electrons. The summed E-state index contributed by atoms with van der Waals surface area (Å²) >= 11 is 8.98. The molecule has 0 spiro atoms. The van der Waals surface area contributed by atoms with E-state index in [4.69, 9.17) is 26.2 Å². The first-order valence-electron chi connectivity index (χ1n) is 7.87. The lowest BCUT2D eigenvalue weighted by Crippen LogP contribution is -2.10. The Hall–Kier alpha value is -2.73. The van der Waals surface area contributed by atoms with Gasteiger partial charge in [-0.3, -0.25) is 0 Å². The number of carbonyl (C=O) groups is 1. The molecule has 0 aliphatic heterocycles. The van der Waals surface area contributed by atoms with Crippen molar-refractivity contribution < 1.29 is 19.4 Å². The largest absolute Gasteiger partial charge is 0.493 e. The van der Waals surface area contributed by atoms with Crippen LogP contribution in [0.5, 0.6) is 11.5 Å². The van der Waals surface area contributed by atoms with Gasteiger partial charge in [0, 0.05) is 0 Å². The van der Waals surface area contributed by atoms with Crippen molar-refractivity contribution >= 4 is 57.0 Å². The van der Waals surface area contributed by atoms with E-state index in [1.54, 1.807) is 18.2 Å². The third kappa shape index (κ3) is 4.75. The van der Waals surface area contributed by atoms with Gasteiger partial charge in [0.05, 0.1) is 27.3 Å². The summed E-state index contributed by atoms with van der Waals surface area (Å²) in [7, 11) is 1.42. The Bertz CT molecular complexity index is 1070. The highest BCUT2D eigenvalue weighted by Gasteiger charge is 2.14. The van der Waals surface area contributed by atoms with Gasteiger partial charge in [0.1, 0.15) is 6.07 Å². The van der Waals surface area contributed by atoms with E-state index in [1.165, 1.54) is 30.2 Å². The highest BCUT2D eigenvalue weighted by molar-refractivity contribution is 8.05. The zero-order valence-electron chi connectivity index (χ0n) is 14.5. The van der Waals surface area contributed by atoms with Crippen LogP contribution >= 0.6 is 34.7 Å². The number of nitriles is 1. The molecule has 3 rings (SSSR count). The predicted octanol–water partition coefficient (Wildman–Crippen LogP) is 5.08. The number of carboxylic acid groups (broad SMARTS) is 1. The fourth-order valence-corrected chi connectivity index (χ4v) is 4.57. The second kappa shape index (κ2) is 8.97. The summed E-state index contributed by atoms with van der Waals surface area (Å²) in [6.45, 7) is -0.540. The molecular weight excluding hydrogens is 420 g/mol. The van der Waals surface area contributed by atoms with Gasteiger partial charge in [0.2, 0.25) is 0 Å². The highest BCUT2D eigenvalue weighted by atomic mass is 35.5. The Morgan fingerprint density at radius 2 is 2.21 bits per heavy atom. The number of halogens is 1. The van der Waals surface area contributed by atoms with Crippen molar-refractivity contribution in [2.45, 2.75) is 4.34 Å². The lowest BCUT2D eigenvalue weighted by molar-refractivity contribution is -0.139. The fourth-order valence-electron chi connectivity index (χ4n) is 2.32. The minimum Gasteiger partial charge on any atom is -0.493 e. The maximum absolute atomic E-state index is 10.7. The van der Waals surface area contributed by atoms with Crippen molar-refractivity contribution in [1.82, 2.24) is 4.98 Å². The number of ether oxygens (including phenoxy) is 2. The van der Waals surface area contributed by atoms with E-state index in [1.807, 2.05) is 24.3 Å². The molecule has 9 heteroatoms. The highest BCUT2D eigenvalue weighted by Crippen LogP contribution is 2.39. The van der Waals surface area contributed by atoms with Crippen LogP contribution in [0, 0.1) is 11.3 Å². The van der Waals surface area contributed by atoms with Gasteiger partial charge in [0.25, 0.3) is 0 Å². The zero-order chi connectivity index (χ0) is 20.1. The number of aliphatic carboxylic acids is 1. The molecule has 2 aromatic carbocycles. The van der Waals surface area contributed by atoms with Gasteiger partial charge in [-0.1, -0.05) is 23.7 Å². The normalized spacial score (nSPS) is 11.2. The van der Waals surface area contributed by atoms with E-state index in [9.17, 15) is 10.1 Å². The Labute approximate surface area is 174 Å². The van der Waals surface area contributed by atoms with Crippen LogP contribution in [0.15, 0.2) is 45.6 Å². The third-order valence-electron chi connectivity index (χ3n) is 3.47. The van der Waals surface area contributed by atoms with Gasteiger partial charge in [0.15, 0.2) is 22.4 Å². The summed E-state index contributed by atoms with van der Waals surface area (Å²) in [5.41, 5.74) is 1.51. The number of methoxy groups -OCH3 is 1. The quantitative estimate of drug-likeness (QED) is 0.411. The number of benzene rings is 2. The molecule has 0 fully saturated rings. The minimum atomic E-state index is -1.12. The second-order valence-corrected chi connectivity index (χ2v) is 8.11. The van der Waals surface area contributed by atoms with Crippen LogP contribution < -0.4 is 9.47 Å². The number of fused-ring (bicyclic) bond motifs is 1. The van der Waals surface area contributed by atoms with Crippen molar-refractivity contribution in [3.05, 3.63) is 51.9 Å². The number of para-hydroxylation sites is 1. The van der Waals surface area contributed by atoms with E-state index >= 15 is 0 Å². The van der Waals surface area contributed by atoms with Crippen molar-refractivity contribution in [1.29, 1.82) is 5.26 Å². The maximum Gasteiger partial charge on any atom is 0.341 e. The molecule has 0 aliphatic rings. The van der Waals surface area contributed by atoms with Crippen LogP contribution in [0.3, 0.4) is 0 Å². The standard InChI is InChI=1S/C19H13ClN2O4S2/c1-25-15-8-11(7-13(20)18(15)26-10-17(23)24)6-12(9-21)27-19-22-14-4-2-3-5-16(14)28-19/h2-8H,10H2,1H3,(H,23,24)/b12-6+. The molecule has 3 aromatic rings. The predicted molar refractivity (Wildman–Crippen MR) is 110 cm³/mol. The molecule has 0 unspecified atom stereocenters. The Kier molecular flexibility index (Phi) is 6.41. The lowest BCUT2D eigenvalue weighted by Gasteiger charge is -2.12. The number of thioether (sulfide) groups is 1. The van der Waals surface area contributed by atoms with Crippen LogP contribution in [0.2, 0.25) is 5.02 Å². The van der Waals surface area contributed by atoms with E-state index < -0.39 is 12.6 Å². The topological polar surface area (TPSA) is 92.4 Å². The summed E-state index contributed by atoms with van der Waals surface area (Å²) in [4.78, 5) is 15.6. The first kappa shape index (κ1) is 20.0. The zero-order valence-corrected chi connectivity index (χ0v) is 16.9. The molecular formula is C19H13ClN2O4S2. The molecule has 1 aromatic heterocycles. The number of allylic oxidation sites excluding steroid dienone is 1. The van der Waals surface area contributed by atoms with Gasteiger partial charge >= 0.3 is 5.97 Å². The van der Waals surface area contributed by atoms with Crippen molar-refractivity contribution in [3.63, 3.8) is 0 Å². The minimum absolute atomic E-state index is 0.140. The van der Waals surface area contributed by atoms with Crippen LogP contribution in [-0.2, 0) is 4.79 Å². The molecule has 0 atom stereocenters. The van der Waals surface area contributed by atoms with Crippen molar-refractivity contribution in [2.75, 3.05) is 13.7 Å². The molecule has 0 saturated heterocycles. The van der Waals surface area contributed by atoms with Crippen molar-refractivity contribution in [3.8, 4) is 17.6 Å². The number of nitrogens with zero attached hydrogens (tertiary/aromatic N) is 2. The number of aromatic nitrogens is 1. The summed E-state index contributed by atoms with van der Waals surface area (Å²) in [6, 6.07) is 13.1. The summed E-state index contributed by atoms with van der Waals surface area (Å²) in [6.07, 6.45) is 1.66. The number of rotatable bonds is 7. The van der Waals surface area contributed by atoms with Crippen LogP contribution in [0.1, 0.15) is 5.56 Å². The van der Waals surface area contributed by atoms with Gasteiger partial charge < -0.3 is 14.6 Å². The van der Waals surface area contributed by atoms with Gasteiger partial charge in [-0.15, -0.1) is 11.3 Å². The number of thiazole rings is 1. The van der Waals surface area contributed by atoms with E-state index in [2.05, 4.69) is 11.1 Å². The molecule has 6 nitrogen and oxygen atoms in total. The number of hydrogen-bond donors (Lipinski definition) is 1. The fraction of sp³-hybridized carbons (Fsp3) is 0.105. The molecule has 1 heterocycles. The Balaban J connectivity index is 1.88. The summed E-state index contributed by atoms with van der Waals surface area (Å²) in [5.74, 6) is -0.704.